The van der Waals surface area contributed by atoms with Gasteiger partial charge < -0.3 is 0 Å². The fourth-order valence-corrected chi connectivity index (χ4v) is 10.6. The summed E-state index contributed by atoms with van der Waals surface area (Å²) in [5.41, 5.74) is 1.99. The summed E-state index contributed by atoms with van der Waals surface area (Å²) >= 11 is -3.98. The van der Waals surface area contributed by atoms with Gasteiger partial charge in [-0.1, -0.05) is 0 Å². The second-order valence-corrected chi connectivity index (χ2v) is 13.5. The van der Waals surface area contributed by atoms with E-state index in [1.54, 1.807) is 0 Å². The van der Waals surface area contributed by atoms with Crippen molar-refractivity contribution in [3.05, 3.63) is 66.8 Å². The van der Waals surface area contributed by atoms with Crippen molar-refractivity contribution in [1.29, 1.82) is 0 Å². The van der Waals surface area contributed by atoms with Gasteiger partial charge in [0.05, 0.1) is 0 Å². The van der Waals surface area contributed by atoms with Gasteiger partial charge in [0.25, 0.3) is 0 Å². The van der Waals surface area contributed by atoms with E-state index in [-0.39, 0.29) is 5.60 Å². The van der Waals surface area contributed by atoms with Gasteiger partial charge >= 0.3 is 161 Å². The summed E-state index contributed by atoms with van der Waals surface area (Å²) in [5.74, 6) is 0. The molecule has 0 N–H and O–H groups in total. The minimum absolute atomic E-state index is 0.0316. The molecule has 0 saturated heterocycles. The Labute approximate surface area is 159 Å². The molecule has 0 fully saturated rings. The van der Waals surface area contributed by atoms with E-state index < -0.39 is 46.6 Å². The summed E-state index contributed by atoms with van der Waals surface area (Å²) in [6.45, 7) is 8.16. The molecule has 0 atom stereocenters. The van der Waals surface area contributed by atoms with Crippen LogP contribution >= 0.6 is 41.0 Å². The normalized spacial score (nSPS) is 22.4. The van der Waals surface area contributed by atoms with Crippen molar-refractivity contribution in [3.8, 4) is 0 Å². The number of benzene rings is 2. The third kappa shape index (κ3) is 3.50. The minimum atomic E-state index is -2.74. The molecule has 2 aliphatic heterocycles. The maximum absolute atomic E-state index is 13.3. The van der Waals surface area contributed by atoms with Gasteiger partial charge in [0.15, 0.2) is 0 Å². The molecule has 0 aromatic heterocycles. The second-order valence-electron chi connectivity index (χ2n) is 6.76. The first-order valence-corrected chi connectivity index (χ1v) is 14.7. The van der Waals surface area contributed by atoms with E-state index in [4.69, 9.17) is 6.13 Å². The predicted octanol–water partition coefficient (Wildman–Crippen LogP) is 6.60. The molecule has 132 valence electrons. The van der Waals surface area contributed by atoms with E-state index in [2.05, 4.69) is 43.0 Å². The average molecular weight is 556 g/mol. The zero-order valence-electron chi connectivity index (χ0n) is 14.6. The van der Waals surface area contributed by atoms with Crippen LogP contribution in [0.15, 0.2) is 48.5 Å². The van der Waals surface area contributed by atoms with Crippen LogP contribution < -0.4 is 0 Å². The fraction of sp³-hybridized carbons (Fsp3) is 0.368. The Bertz CT molecular complexity index is 682. The van der Waals surface area contributed by atoms with E-state index in [0.717, 1.165) is 9.13 Å². The van der Waals surface area contributed by atoms with Crippen LogP contribution in [0.4, 0.5) is 2.86 Å². The Morgan fingerprint density at radius 2 is 1.21 bits per heavy atom. The first-order valence-electron chi connectivity index (χ1n) is 7.77. The fourth-order valence-electron chi connectivity index (χ4n) is 2.89. The maximum atomic E-state index is 13.3. The zero-order chi connectivity index (χ0) is 17.5. The van der Waals surface area contributed by atoms with Crippen LogP contribution in [0.25, 0.3) is 0 Å². The monoisotopic (exact) mass is 556 g/mol. The van der Waals surface area contributed by atoms with Gasteiger partial charge in [-0.05, 0) is 0 Å². The summed E-state index contributed by atoms with van der Waals surface area (Å²) in [6.07, 6.45) is 0. The first kappa shape index (κ1) is 18.5. The van der Waals surface area contributed by atoms with Crippen molar-refractivity contribution >= 4 is 41.0 Å². The second kappa shape index (κ2) is 6.81. The third-order valence-electron chi connectivity index (χ3n) is 4.06. The van der Waals surface area contributed by atoms with Crippen molar-refractivity contribution in [2.45, 2.75) is 38.9 Å². The topological polar surface area (TPSA) is 18.5 Å². The third-order valence-corrected chi connectivity index (χ3v) is 11.7. The van der Waals surface area contributed by atoms with Gasteiger partial charge in [0, 0.05) is 0 Å². The first-order chi connectivity index (χ1) is 11.2. The molecular formula is C19H23FI2O2. The number of halogens is 3. The van der Waals surface area contributed by atoms with Gasteiger partial charge in [0.2, 0.25) is 0 Å². The molecule has 0 unspecified atom stereocenters. The van der Waals surface area contributed by atoms with Gasteiger partial charge in [-0.3, -0.25) is 0 Å². The van der Waals surface area contributed by atoms with Crippen LogP contribution in [0.1, 0.15) is 38.8 Å². The average Bonchev–Trinajstić information content (AvgIpc) is 2.91. The van der Waals surface area contributed by atoms with E-state index in [1.807, 2.05) is 38.1 Å². The van der Waals surface area contributed by atoms with Crippen LogP contribution in [-0.4, -0.2) is 4.93 Å². The molecule has 0 amide bonds. The van der Waals surface area contributed by atoms with E-state index in [9.17, 15) is 2.86 Å². The molecule has 5 heteroatoms. The van der Waals surface area contributed by atoms with Crippen LogP contribution in [0.3, 0.4) is 0 Å². The molecule has 0 radical (unpaired) electrons. The number of hydrogen-bond donors (Lipinski definition) is 0. The molecule has 4 rings (SSSR count). The van der Waals surface area contributed by atoms with Crippen LogP contribution in [-0.2, 0) is 17.3 Å². The molecule has 0 bridgehead atoms. The van der Waals surface area contributed by atoms with Crippen molar-refractivity contribution in [1.82, 2.24) is 0 Å². The summed E-state index contributed by atoms with van der Waals surface area (Å²) < 4.78 is 26.9. The molecule has 0 spiro atoms. The van der Waals surface area contributed by atoms with Crippen molar-refractivity contribution in [3.63, 3.8) is 0 Å². The molecule has 2 aliphatic rings. The molecule has 2 nitrogen and oxygen atoms in total. The summed E-state index contributed by atoms with van der Waals surface area (Å²) in [6, 6.07) is 16.2. The molecular weight excluding hydrogens is 533 g/mol. The Kier molecular flexibility index (Phi) is 5.26. The number of hydrogen-bond acceptors (Lipinski definition) is 2. The number of rotatable bonds is 0. The van der Waals surface area contributed by atoms with Crippen molar-refractivity contribution in [2.75, 3.05) is 4.93 Å². The molecule has 24 heavy (non-hydrogen) atoms. The Morgan fingerprint density at radius 1 is 0.750 bits per heavy atom. The number of alkyl halides is 1. The predicted molar refractivity (Wildman–Crippen MR) is 114 cm³/mol. The SMILES string of the molecule is CC1(C)OI(F)c2ccccc21.CI1OC(C)(C)c2ccccc21. The number of fused-ring (bicyclic) bond motifs is 2. The molecule has 0 aliphatic carbocycles. The van der Waals surface area contributed by atoms with Crippen LogP contribution in [0, 0.1) is 7.14 Å². The molecule has 0 saturated carbocycles. The van der Waals surface area contributed by atoms with Crippen LogP contribution in [0.5, 0.6) is 0 Å². The quantitative estimate of drug-likeness (QED) is 0.269. The zero-order valence-corrected chi connectivity index (χ0v) is 18.9. The summed E-state index contributed by atoms with van der Waals surface area (Å²) in [4.78, 5) is 2.26. The van der Waals surface area contributed by atoms with Gasteiger partial charge in [-0.2, -0.15) is 0 Å². The van der Waals surface area contributed by atoms with E-state index >= 15 is 0 Å². The van der Waals surface area contributed by atoms with E-state index in [0.29, 0.717) is 0 Å². The Hall–Kier alpha value is -0.250. The summed E-state index contributed by atoms with van der Waals surface area (Å²) in [5, 5.41) is 0. The van der Waals surface area contributed by atoms with Crippen molar-refractivity contribution < 1.29 is 8.99 Å². The van der Waals surface area contributed by atoms with Gasteiger partial charge in [0.1, 0.15) is 0 Å². The molecule has 2 aromatic rings. The Morgan fingerprint density at radius 3 is 1.75 bits per heavy atom. The Balaban J connectivity index is 0.000000141. The molecule has 2 aromatic carbocycles. The van der Waals surface area contributed by atoms with Crippen molar-refractivity contribution in [2.24, 2.45) is 0 Å². The van der Waals surface area contributed by atoms with Gasteiger partial charge in [-0.15, -0.1) is 0 Å². The van der Waals surface area contributed by atoms with Gasteiger partial charge in [-0.25, -0.2) is 0 Å². The molecule has 2 heterocycles. The summed E-state index contributed by atoms with van der Waals surface area (Å²) in [7, 11) is 0. The van der Waals surface area contributed by atoms with E-state index in [1.165, 1.54) is 9.13 Å². The van der Waals surface area contributed by atoms with Crippen LogP contribution in [0.2, 0.25) is 0 Å². The standard InChI is InChI=1S/C10H13IO.C9H10FIO/c1-10(2)8-6-4-5-7-9(8)11(3)12-10;1-9(2)7-5-3-4-6-8(7)11(10)12-9/h4-7H,1-3H3;3-6H,1-2H3.